The van der Waals surface area contributed by atoms with Gasteiger partial charge in [0, 0.05) is 42.7 Å². The van der Waals surface area contributed by atoms with E-state index in [9.17, 15) is 14.4 Å². The summed E-state index contributed by atoms with van der Waals surface area (Å²) in [5, 5.41) is 5.78. The minimum absolute atomic E-state index is 0.107. The van der Waals surface area contributed by atoms with E-state index in [2.05, 4.69) is 21.6 Å². The highest BCUT2D eigenvalue weighted by Gasteiger charge is 2.44. The highest BCUT2D eigenvalue weighted by Crippen LogP contribution is 2.42. The minimum Gasteiger partial charge on any atom is -0.370 e. The number of rotatable bonds is 2. The number of amides is 3. The van der Waals surface area contributed by atoms with Gasteiger partial charge >= 0.3 is 0 Å². The smallest absolute Gasteiger partial charge is 0.255 e. The lowest BCUT2D eigenvalue weighted by atomic mass is 9.72. The van der Waals surface area contributed by atoms with Crippen molar-refractivity contribution in [3.8, 4) is 0 Å². The summed E-state index contributed by atoms with van der Waals surface area (Å²) in [6.45, 7) is 4.81. The molecule has 4 aliphatic rings. The highest BCUT2D eigenvalue weighted by atomic mass is 16.2. The van der Waals surface area contributed by atoms with Crippen molar-refractivity contribution in [1.82, 2.24) is 15.5 Å². The van der Waals surface area contributed by atoms with E-state index in [1.54, 1.807) is 4.90 Å². The molecule has 142 valence electrons. The Bertz CT molecular complexity index is 823. The van der Waals surface area contributed by atoms with Crippen molar-refractivity contribution in [1.29, 1.82) is 0 Å². The van der Waals surface area contributed by atoms with Gasteiger partial charge in [0.05, 0.1) is 0 Å². The van der Waals surface area contributed by atoms with Gasteiger partial charge in [0.25, 0.3) is 5.91 Å². The minimum atomic E-state index is -0.548. The molecule has 3 saturated heterocycles. The molecule has 2 N–H and O–H groups in total. The molecule has 7 heteroatoms. The number of piperidine rings is 2. The molecule has 0 saturated carbocycles. The Hall–Kier alpha value is -2.41. The number of fused-ring (bicyclic) bond motifs is 1. The standard InChI is InChI=1S/C20H24N4O3/c25-17-4-3-16(18(26)22-17)24-10-13-9-14(1-2-15(13)19(24)27)23-11-20(12-23)5-7-21-8-6-20/h1-2,9,16,21H,3-8,10-12H2,(H,22,25,26)/t16-/m0/s1. The van der Waals surface area contributed by atoms with E-state index in [0.717, 1.165) is 37.4 Å². The van der Waals surface area contributed by atoms with Gasteiger partial charge in [-0.25, -0.2) is 0 Å². The molecule has 3 amide bonds. The predicted octanol–water partition coefficient (Wildman–Crippen LogP) is 0.637. The van der Waals surface area contributed by atoms with Crippen LogP contribution in [0.2, 0.25) is 0 Å². The Labute approximate surface area is 158 Å². The van der Waals surface area contributed by atoms with Crippen molar-refractivity contribution in [2.24, 2.45) is 5.41 Å². The molecule has 4 heterocycles. The first-order chi connectivity index (χ1) is 13.0. The van der Waals surface area contributed by atoms with Crippen molar-refractivity contribution < 1.29 is 14.4 Å². The van der Waals surface area contributed by atoms with Crippen LogP contribution in [0.3, 0.4) is 0 Å². The number of hydrogen-bond acceptors (Lipinski definition) is 5. The number of carbonyl (C=O) groups is 3. The molecule has 4 aliphatic heterocycles. The second-order valence-corrected chi connectivity index (χ2v) is 8.35. The number of carbonyl (C=O) groups excluding carboxylic acids is 3. The van der Waals surface area contributed by atoms with Crippen LogP contribution in [0, 0.1) is 5.41 Å². The van der Waals surface area contributed by atoms with Crippen molar-refractivity contribution in [2.75, 3.05) is 31.1 Å². The van der Waals surface area contributed by atoms with Gasteiger partial charge in [0.15, 0.2) is 0 Å². The van der Waals surface area contributed by atoms with E-state index < -0.39 is 6.04 Å². The summed E-state index contributed by atoms with van der Waals surface area (Å²) < 4.78 is 0. The average molecular weight is 368 g/mol. The van der Waals surface area contributed by atoms with E-state index in [-0.39, 0.29) is 24.1 Å². The maximum absolute atomic E-state index is 12.8. The van der Waals surface area contributed by atoms with Gasteiger partial charge < -0.3 is 15.1 Å². The van der Waals surface area contributed by atoms with Gasteiger partial charge in [-0.3, -0.25) is 19.7 Å². The van der Waals surface area contributed by atoms with E-state index in [4.69, 9.17) is 0 Å². The fourth-order valence-corrected chi connectivity index (χ4v) is 4.98. The van der Waals surface area contributed by atoms with Gasteiger partial charge in [-0.05, 0) is 56.1 Å². The zero-order valence-electron chi connectivity index (χ0n) is 15.3. The van der Waals surface area contributed by atoms with Crippen LogP contribution in [0.4, 0.5) is 5.69 Å². The van der Waals surface area contributed by atoms with Crippen molar-refractivity contribution in [3.63, 3.8) is 0 Å². The fourth-order valence-electron chi connectivity index (χ4n) is 4.98. The van der Waals surface area contributed by atoms with Gasteiger partial charge in [-0.2, -0.15) is 0 Å². The molecule has 0 bridgehead atoms. The second-order valence-electron chi connectivity index (χ2n) is 8.35. The molecule has 0 radical (unpaired) electrons. The maximum Gasteiger partial charge on any atom is 0.255 e. The van der Waals surface area contributed by atoms with Gasteiger partial charge in [0.2, 0.25) is 11.8 Å². The predicted molar refractivity (Wildman–Crippen MR) is 99.2 cm³/mol. The largest absolute Gasteiger partial charge is 0.370 e. The SMILES string of the molecule is O=C1CC[C@H](N2Cc3cc(N4CC5(CCNCC5)C4)ccc3C2=O)C(=O)N1. The topological polar surface area (TPSA) is 81.8 Å². The molecule has 27 heavy (non-hydrogen) atoms. The fraction of sp³-hybridized carbons (Fsp3) is 0.550. The third-order valence-electron chi connectivity index (χ3n) is 6.59. The molecule has 7 nitrogen and oxygen atoms in total. The number of imide groups is 1. The lowest BCUT2D eigenvalue weighted by molar-refractivity contribution is -0.136. The first-order valence-corrected chi connectivity index (χ1v) is 9.78. The van der Waals surface area contributed by atoms with Gasteiger partial charge in [-0.1, -0.05) is 0 Å². The molecule has 1 aromatic rings. The Balaban J connectivity index is 1.31. The molecule has 1 atom stereocenters. The van der Waals surface area contributed by atoms with Gasteiger partial charge in [0.1, 0.15) is 6.04 Å². The summed E-state index contributed by atoms with van der Waals surface area (Å²) in [6.07, 6.45) is 3.15. The number of anilines is 1. The first-order valence-electron chi connectivity index (χ1n) is 9.78. The molecular formula is C20H24N4O3. The van der Waals surface area contributed by atoms with Crippen LogP contribution in [0.15, 0.2) is 18.2 Å². The number of nitrogens with one attached hydrogen (secondary N) is 2. The lowest BCUT2D eigenvalue weighted by Gasteiger charge is -2.53. The molecule has 5 rings (SSSR count). The Kier molecular flexibility index (Phi) is 3.75. The van der Waals surface area contributed by atoms with Crippen LogP contribution in [0.25, 0.3) is 0 Å². The molecular weight excluding hydrogens is 344 g/mol. The summed E-state index contributed by atoms with van der Waals surface area (Å²) >= 11 is 0. The Morgan fingerprint density at radius 2 is 1.85 bits per heavy atom. The maximum atomic E-state index is 12.8. The van der Waals surface area contributed by atoms with Crippen LogP contribution < -0.4 is 15.5 Å². The normalized spacial score (nSPS) is 26.8. The van der Waals surface area contributed by atoms with E-state index >= 15 is 0 Å². The molecule has 0 aliphatic carbocycles. The number of benzene rings is 1. The average Bonchev–Trinajstić information content (AvgIpc) is 2.96. The molecule has 3 fully saturated rings. The van der Waals surface area contributed by atoms with Crippen LogP contribution in [-0.4, -0.2) is 54.8 Å². The van der Waals surface area contributed by atoms with Crippen LogP contribution in [-0.2, 0) is 16.1 Å². The summed E-state index contributed by atoms with van der Waals surface area (Å²) in [5.74, 6) is -0.722. The van der Waals surface area contributed by atoms with Gasteiger partial charge in [-0.15, -0.1) is 0 Å². The van der Waals surface area contributed by atoms with Crippen LogP contribution in [0.1, 0.15) is 41.6 Å². The summed E-state index contributed by atoms with van der Waals surface area (Å²) in [4.78, 5) is 40.3. The third-order valence-corrected chi connectivity index (χ3v) is 6.59. The van der Waals surface area contributed by atoms with E-state index in [1.807, 2.05) is 12.1 Å². The van der Waals surface area contributed by atoms with E-state index in [1.165, 1.54) is 12.8 Å². The third kappa shape index (κ3) is 2.72. The molecule has 0 aromatic heterocycles. The first kappa shape index (κ1) is 16.7. The molecule has 1 aromatic carbocycles. The van der Waals surface area contributed by atoms with Crippen LogP contribution >= 0.6 is 0 Å². The Morgan fingerprint density at radius 1 is 1.07 bits per heavy atom. The number of hydrogen-bond donors (Lipinski definition) is 2. The zero-order valence-corrected chi connectivity index (χ0v) is 15.3. The summed E-state index contributed by atoms with van der Waals surface area (Å²) in [7, 11) is 0. The summed E-state index contributed by atoms with van der Waals surface area (Å²) in [5.41, 5.74) is 3.28. The Morgan fingerprint density at radius 3 is 2.59 bits per heavy atom. The quantitative estimate of drug-likeness (QED) is 0.749. The van der Waals surface area contributed by atoms with E-state index in [0.29, 0.717) is 23.9 Å². The lowest BCUT2D eigenvalue weighted by Crippen LogP contribution is -2.60. The highest BCUT2D eigenvalue weighted by molar-refractivity contribution is 6.05. The molecule has 1 spiro atoms. The van der Waals surface area contributed by atoms with Crippen molar-refractivity contribution in [2.45, 2.75) is 38.3 Å². The monoisotopic (exact) mass is 368 g/mol. The number of nitrogens with zero attached hydrogens (tertiary/aromatic N) is 2. The van der Waals surface area contributed by atoms with Crippen molar-refractivity contribution in [3.05, 3.63) is 29.3 Å². The van der Waals surface area contributed by atoms with Crippen molar-refractivity contribution >= 4 is 23.4 Å². The molecule has 0 unspecified atom stereocenters. The second kappa shape index (κ2) is 6.05. The zero-order chi connectivity index (χ0) is 18.6. The summed E-state index contributed by atoms with van der Waals surface area (Å²) in [6, 6.07) is 5.48. The van der Waals surface area contributed by atoms with Crippen LogP contribution in [0.5, 0.6) is 0 Å².